The van der Waals surface area contributed by atoms with Gasteiger partial charge < -0.3 is 14.6 Å². The maximum atomic E-state index is 15.4. The lowest BCUT2D eigenvalue weighted by molar-refractivity contribution is -0.211. The van der Waals surface area contributed by atoms with Crippen LogP contribution in [0.15, 0.2) is 23.8 Å². The van der Waals surface area contributed by atoms with Crippen LogP contribution in [0, 0.1) is 28.6 Å². The fraction of sp³-hybridized carbons (Fsp3) is 0.696. The fourth-order valence-electron chi connectivity index (χ4n) is 7.25. The molecular formula is C23H27Cl2FO6. The number of carbonyl (C=O) groups excluding carboxylic acids is 3. The van der Waals surface area contributed by atoms with Crippen LogP contribution < -0.4 is 0 Å². The second kappa shape index (κ2) is 7.81. The summed E-state index contributed by atoms with van der Waals surface area (Å²) in [4.78, 5) is 35.8. The van der Waals surface area contributed by atoms with E-state index in [0.717, 1.165) is 0 Å². The van der Waals surface area contributed by atoms with Gasteiger partial charge in [0.05, 0.1) is 13.2 Å². The quantitative estimate of drug-likeness (QED) is 0.483. The van der Waals surface area contributed by atoms with Crippen LogP contribution >= 0.6 is 23.2 Å². The molecule has 3 saturated carbocycles. The molecule has 0 spiro atoms. The van der Waals surface area contributed by atoms with E-state index >= 15 is 4.39 Å². The zero-order chi connectivity index (χ0) is 23.6. The molecule has 0 saturated heterocycles. The summed E-state index contributed by atoms with van der Waals surface area (Å²) < 4.78 is 26.1. The number of allylic oxidation sites excluding steroid dienone is 4. The van der Waals surface area contributed by atoms with Gasteiger partial charge in [-0.3, -0.25) is 4.79 Å². The second-order valence-electron chi connectivity index (χ2n) is 9.89. The Kier molecular flexibility index (Phi) is 5.79. The summed E-state index contributed by atoms with van der Waals surface area (Å²) >= 11 is 11.4. The Labute approximate surface area is 196 Å². The number of methoxy groups -OCH3 is 1. The first-order chi connectivity index (χ1) is 14.9. The van der Waals surface area contributed by atoms with E-state index in [9.17, 15) is 19.5 Å². The standard InChI is InChI=1S/C23H27Cl2FO6/c1-21-6-4-11(27)8-14(21)15(26)9-12-13-5-7-23(20(30)31-3,32-19(29)18(24)25)22(13,2)10-16(28)17(12)21/h4,6,8,12-13,15-18,28H,5,7,9-10H2,1-3H3/t12-,13-,15-,16-,17+,21-,22-,23-/m0/s1. The molecule has 0 amide bonds. The maximum absolute atomic E-state index is 15.4. The van der Waals surface area contributed by atoms with Gasteiger partial charge in [0.2, 0.25) is 10.4 Å². The van der Waals surface area contributed by atoms with Gasteiger partial charge in [-0.25, -0.2) is 14.0 Å². The normalized spacial score (nSPS) is 44.9. The molecule has 6 nitrogen and oxygen atoms in total. The van der Waals surface area contributed by atoms with Crippen molar-refractivity contribution in [3.8, 4) is 0 Å². The maximum Gasteiger partial charge on any atom is 0.350 e. The molecule has 176 valence electrons. The summed E-state index contributed by atoms with van der Waals surface area (Å²) in [7, 11) is 1.20. The predicted octanol–water partition coefficient (Wildman–Crippen LogP) is 3.47. The molecule has 0 aliphatic heterocycles. The van der Waals surface area contributed by atoms with Gasteiger partial charge in [0.15, 0.2) is 5.78 Å². The van der Waals surface area contributed by atoms with Crippen LogP contribution in [0.5, 0.6) is 0 Å². The zero-order valence-corrected chi connectivity index (χ0v) is 19.7. The summed E-state index contributed by atoms with van der Waals surface area (Å²) in [5.74, 6) is -2.83. The Morgan fingerprint density at radius 2 is 2.00 bits per heavy atom. The third-order valence-corrected chi connectivity index (χ3v) is 8.92. The highest BCUT2D eigenvalue weighted by atomic mass is 35.5. The van der Waals surface area contributed by atoms with E-state index in [4.69, 9.17) is 32.7 Å². The van der Waals surface area contributed by atoms with Crippen LogP contribution in [0.1, 0.15) is 39.5 Å². The van der Waals surface area contributed by atoms with E-state index in [1.165, 1.54) is 19.3 Å². The number of aliphatic hydroxyl groups is 1. The molecule has 0 heterocycles. The molecule has 3 fully saturated rings. The molecule has 0 aromatic carbocycles. The summed E-state index contributed by atoms with van der Waals surface area (Å²) in [5.41, 5.74) is -3.12. The molecule has 0 unspecified atom stereocenters. The van der Waals surface area contributed by atoms with Crippen LogP contribution in [-0.4, -0.2) is 52.7 Å². The van der Waals surface area contributed by atoms with Gasteiger partial charge >= 0.3 is 11.9 Å². The van der Waals surface area contributed by atoms with Crippen molar-refractivity contribution >= 4 is 40.9 Å². The average molecular weight is 489 g/mol. The molecule has 4 aliphatic carbocycles. The Morgan fingerprint density at radius 3 is 2.62 bits per heavy atom. The third kappa shape index (κ3) is 3.11. The van der Waals surface area contributed by atoms with Crippen molar-refractivity contribution in [2.75, 3.05) is 7.11 Å². The predicted molar refractivity (Wildman–Crippen MR) is 115 cm³/mol. The van der Waals surface area contributed by atoms with E-state index in [0.29, 0.717) is 12.0 Å². The van der Waals surface area contributed by atoms with Gasteiger partial charge in [-0.15, -0.1) is 0 Å². The highest BCUT2D eigenvalue weighted by molar-refractivity contribution is 6.53. The highest BCUT2D eigenvalue weighted by Crippen LogP contribution is 2.68. The Balaban J connectivity index is 1.78. The summed E-state index contributed by atoms with van der Waals surface area (Å²) in [6, 6.07) is 0. The summed E-state index contributed by atoms with van der Waals surface area (Å²) in [5, 5.41) is 11.4. The molecule has 0 aromatic rings. The second-order valence-corrected chi connectivity index (χ2v) is 11.0. The van der Waals surface area contributed by atoms with Crippen molar-refractivity contribution in [2.24, 2.45) is 28.6 Å². The number of esters is 2. The molecule has 32 heavy (non-hydrogen) atoms. The number of hydrogen-bond donors (Lipinski definition) is 1. The molecule has 4 rings (SSSR count). The third-order valence-electron chi connectivity index (χ3n) is 8.56. The van der Waals surface area contributed by atoms with Crippen LogP contribution in [-0.2, 0) is 23.9 Å². The monoisotopic (exact) mass is 488 g/mol. The topological polar surface area (TPSA) is 89.9 Å². The Bertz CT molecular complexity index is 918. The molecule has 8 atom stereocenters. The molecule has 1 N–H and O–H groups in total. The molecule has 4 aliphatic rings. The van der Waals surface area contributed by atoms with Gasteiger partial charge in [-0.2, -0.15) is 0 Å². The first kappa shape index (κ1) is 23.7. The van der Waals surface area contributed by atoms with E-state index in [1.807, 2.05) is 6.92 Å². The van der Waals surface area contributed by atoms with Gasteiger partial charge in [0.1, 0.15) is 6.17 Å². The number of hydrogen-bond acceptors (Lipinski definition) is 6. The lowest BCUT2D eigenvalue weighted by Crippen LogP contribution is -2.63. The van der Waals surface area contributed by atoms with Gasteiger partial charge in [-0.05, 0) is 55.2 Å². The SMILES string of the molecule is COC(=O)[C@@]1(OC(=O)C(Cl)Cl)CC[C@H]2[C@@H]3C[C@H](F)C4=CC(=O)C=C[C@]4(C)[C@H]3[C@@H](O)C[C@@]21C. The molecule has 9 heteroatoms. The van der Waals surface area contributed by atoms with Crippen LogP contribution in [0.4, 0.5) is 4.39 Å². The number of ketones is 1. The van der Waals surface area contributed by atoms with E-state index in [-0.39, 0.29) is 42.8 Å². The lowest BCUT2D eigenvalue weighted by atomic mass is 9.46. The van der Waals surface area contributed by atoms with Gasteiger partial charge in [-0.1, -0.05) is 43.1 Å². The van der Waals surface area contributed by atoms with Gasteiger partial charge in [0, 0.05) is 16.7 Å². The first-order valence-corrected chi connectivity index (χ1v) is 11.7. The van der Waals surface area contributed by atoms with Crippen molar-refractivity contribution < 1.29 is 33.4 Å². The van der Waals surface area contributed by atoms with Crippen molar-refractivity contribution in [3.05, 3.63) is 23.8 Å². The first-order valence-electron chi connectivity index (χ1n) is 10.8. The van der Waals surface area contributed by atoms with Crippen LogP contribution in [0.3, 0.4) is 0 Å². The van der Waals surface area contributed by atoms with Gasteiger partial charge in [0.25, 0.3) is 0 Å². The summed E-state index contributed by atoms with van der Waals surface area (Å²) in [6.45, 7) is 3.64. The van der Waals surface area contributed by atoms with Crippen molar-refractivity contribution in [3.63, 3.8) is 0 Å². The number of halogens is 3. The number of alkyl halides is 3. The molecule has 0 aromatic heterocycles. The molecule has 0 radical (unpaired) electrons. The fourth-order valence-corrected chi connectivity index (χ4v) is 7.34. The average Bonchev–Trinajstić information content (AvgIpc) is 3.01. The number of carbonyl (C=O) groups is 3. The largest absolute Gasteiger partial charge is 0.466 e. The van der Waals surface area contributed by atoms with E-state index < -0.39 is 45.5 Å². The minimum absolute atomic E-state index is 0.114. The van der Waals surface area contributed by atoms with Crippen molar-refractivity contribution in [2.45, 2.75) is 62.2 Å². The number of aliphatic hydroxyl groups excluding tert-OH is 1. The Morgan fingerprint density at radius 1 is 1.31 bits per heavy atom. The van der Waals surface area contributed by atoms with Crippen molar-refractivity contribution in [1.82, 2.24) is 0 Å². The van der Waals surface area contributed by atoms with Crippen molar-refractivity contribution in [1.29, 1.82) is 0 Å². The molecule has 0 bridgehead atoms. The number of fused-ring (bicyclic) bond motifs is 5. The van der Waals surface area contributed by atoms with E-state index in [2.05, 4.69) is 0 Å². The highest BCUT2D eigenvalue weighted by Gasteiger charge is 2.72. The zero-order valence-electron chi connectivity index (χ0n) is 18.1. The van der Waals surface area contributed by atoms with Crippen LogP contribution in [0.25, 0.3) is 0 Å². The molecular weight excluding hydrogens is 462 g/mol. The van der Waals surface area contributed by atoms with Crippen LogP contribution in [0.2, 0.25) is 0 Å². The summed E-state index contributed by atoms with van der Waals surface area (Å²) in [6.07, 6.45) is 3.09. The number of rotatable bonds is 3. The number of ether oxygens (including phenoxy) is 2. The Hall–Kier alpha value is -1.44. The minimum atomic E-state index is -1.68. The minimum Gasteiger partial charge on any atom is -0.466 e. The van der Waals surface area contributed by atoms with E-state index in [1.54, 1.807) is 13.0 Å². The lowest BCUT2D eigenvalue weighted by Gasteiger charge is -2.60. The smallest absolute Gasteiger partial charge is 0.350 e.